The highest BCUT2D eigenvalue weighted by atomic mass is 32.1. The zero-order valence-corrected chi connectivity index (χ0v) is 17.9. The first-order chi connectivity index (χ1) is 14.1. The van der Waals surface area contributed by atoms with E-state index in [9.17, 15) is 4.79 Å². The second kappa shape index (κ2) is 11.9. The van der Waals surface area contributed by atoms with Crippen LogP contribution in [0.3, 0.4) is 0 Å². The lowest BCUT2D eigenvalue weighted by Gasteiger charge is -2.17. The van der Waals surface area contributed by atoms with E-state index in [-0.39, 0.29) is 11.0 Å². The topological polar surface area (TPSA) is 68.8 Å². The van der Waals surface area contributed by atoms with E-state index in [1.165, 1.54) is 5.56 Å². The lowest BCUT2D eigenvalue weighted by molar-refractivity contribution is 0.0975. The standard InChI is InChI=1S/C22H28N2O4S/c1-4-26-18-14-17(15-19(27-5-2)20(18)28-6-3)21(25)24-22(29)23-13-12-16-10-8-7-9-11-16/h7-11,14-15H,4-6,12-13H2,1-3H3,(H2,23,24,25,29). The molecule has 0 bridgehead atoms. The summed E-state index contributed by atoms with van der Waals surface area (Å²) < 4.78 is 17.0. The fraction of sp³-hybridized carbons (Fsp3) is 0.364. The van der Waals surface area contributed by atoms with Gasteiger partial charge >= 0.3 is 0 Å². The van der Waals surface area contributed by atoms with Gasteiger partial charge in [0.25, 0.3) is 5.91 Å². The molecule has 0 aliphatic heterocycles. The predicted molar refractivity (Wildman–Crippen MR) is 118 cm³/mol. The summed E-state index contributed by atoms with van der Waals surface area (Å²) in [4.78, 5) is 12.7. The summed E-state index contributed by atoms with van der Waals surface area (Å²) in [5.74, 6) is 1.09. The molecular formula is C22H28N2O4S. The molecule has 0 atom stereocenters. The van der Waals surface area contributed by atoms with Gasteiger partial charge < -0.3 is 19.5 Å². The van der Waals surface area contributed by atoms with Crippen LogP contribution in [0.25, 0.3) is 0 Å². The third kappa shape index (κ3) is 6.94. The molecule has 29 heavy (non-hydrogen) atoms. The van der Waals surface area contributed by atoms with Crippen LogP contribution in [-0.2, 0) is 6.42 Å². The van der Waals surface area contributed by atoms with Crippen LogP contribution in [0.2, 0.25) is 0 Å². The second-order valence-electron chi connectivity index (χ2n) is 6.05. The third-order valence-corrected chi connectivity index (χ3v) is 4.19. The molecule has 0 fully saturated rings. The molecule has 0 heterocycles. The quantitative estimate of drug-likeness (QED) is 0.575. The van der Waals surface area contributed by atoms with Gasteiger partial charge in [-0.05, 0) is 57.1 Å². The van der Waals surface area contributed by atoms with E-state index in [2.05, 4.69) is 10.6 Å². The van der Waals surface area contributed by atoms with Gasteiger partial charge in [-0.2, -0.15) is 0 Å². The maximum absolute atomic E-state index is 12.7. The van der Waals surface area contributed by atoms with Crippen LogP contribution >= 0.6 is 12.2 Å². The van der Waals surface area contributed by atoms with Crippen LogP contribution < -0.4 is 24.8 Å². The third-order valence-electron chi connectivity index (χ3n) is 3.94. The van der Waals surface area contributed by atoms with Crippen molar-refractivity contribution in [2.24, 2.45) is 0 Å². The Labute approximate surface area is 177 Å². The van der Waals surface area contributed by atoms with E-state index < -0.39 is 0 Å². The Morgan fingerprint density at radius 3 is 2.07 bits per heavy atom. The highest BCUT2D eigenvalue weighted by molar-refractivity contribution is 7.80. The zero-order chi connectivity index (χ0) is 21.1. The van der Waals surface area contributed by atoms with Gasteiger partial charge in [0.05, 0.1) is 19.8 Å². The Hall–Kier alpha value is -2.80. The number of rotatable bonds is 10. The Morgan fingerprint density at radius 2 is 1.52 bits per heavy atom. The van der Waals surface area contributed by atoms with Crippen LogP contribution in [0.5, 0.6) is 17.2 Å². The summed E-state index contributed by atoms with van der Waals surface area (Å²) >= 11 is 5.25. The fourth-order valence-electron chi connectivity index (χ4n) is 2.70. The van der Waals surface area contributed by atoms with E-state index in [1.54, 1.807) is 12.1 Å². The van der Waals surface area contributed by atoms with Gasteiger partial charge in [-0.1, -0.05) is 30.3 Å². The minimum absolute atomic E-state index is 0.274. The number of nitrogens with one attached hydrogen (secondary N) is 2. The molecule has 0 aliphatic carbocycles. The smallest absolute Gasteiger partial charge is 0.257 e. The number of thiocarbonyl (C=S) groups is 1. The molecule has 6 nitrogen and oxygen atoms in total. The Morgan fingerprint density at radius 1 is 0.931 bits per heavy atom. The number of carbonyl (C=O) groups is 1. The molecule has 2 N–H and O–H groups in total. The summed E-state index contributed by atoms with van der Waals surface area (Å²) in [6.07, 6.45) is 0.808. The van der Waals surface area contributed by atoms with Crippen molar-refractivity contribution in [2.75, 3.05) is 26.4 Å². The molecule has 156 valence electrons. The monoisotopic (exact) mass is 416 g/mol. The summed E-state index contributed by atoms with van der Waals surface area (Å²) in [7, 11) is 0. The fourth-order valence-corrected chi connectivity index (χ4v) is 2.90. The molecule has 0 spiro atoms. The number of hydrogen-bond donors (Lipinski definition) is 2. The molecule has 0 unspecified atom stereocenters. The van der Waals surface area contributed by atoms with Gasteiger partial charge in [0.15, 0.2) is 16.6 Å². The molecule has 0 aliphatic rings. The van der Waals surface area contributed by atoms with Crippen molar-refractivity contribution in [3.63, 3.8) is 0 Å². The first-order valence-corrected chi connectivity index (χ1v) is 10.2. The van der Waals surface area contributed by atoms with Gasteiger partial charge in [-0.3, -0.25) is 10.1 Å². The Bertz CT molecular complexity index is 785. The minimum Gasteiger partial charge on any atom is -0.490 e. The molecule has 2 aromatic rings. The summed E-state index contributed by atoms with van der Waals surface area (Å²) in [6.45, 7) is 7.59. The normalized spacial score (nSPS) is 10.2. The molecular weight excluding hydrogens is 388 g/mol. The SMILES string of the molecule is CCOc1cc(C(=O)NC(=S)NCCc2ccccc2)cc(OCC)c1OCC. The lowest BCUT2D eigenvalue weighted by atomic mass is 10.1. The van der Waals surface area contributed by atoms with Crippen molar-refractivity contribution in [3.8, 4) is 17.2 Å². The predicted octanol–water partition coefficient (Wildman–Crippen LogP) is 3.73. The zero-order valence-electron chi connectivity index (χ0n) is 17.1. The first-order valence-electron chi connectivity index (χ1n) is 9.78. The highest BCUT2D eigenvalue weighted by Gasteiger charge is 2.18. The van der Waals surface area contributed by atoms with Crippen LogP contribution in [-0.4, -0.2) is 37.4 Å². The number of carbonyl (C=O) groups excluding carboxylic acids is 1. The maximum atomic E-state index is 12.7. The van der Waals surface area contributed by atoms with Crippen LogP contribution in [0, 0.1) is 0 Å². The average Bonchev–Trinajstić information content (AvgIpc) is 2.71. The molecule has 2 rings (SSSR count). The summed E-state index contributed by atoms with van der Waals surface area (Å²) in [5, 5.41) is 6.03. The second-order valence-corrected chi connectivity index (χ2v) is 6.45. The molecule has 0 aromatic heterocycles. The number of ether oxygens (including phenoxy) is 3. The van der Waals surface area contributed by atoms with Crippen molar-refractivity contribution >= 4 is 23.2 Å². The lowest BCUT2D eigenvalue weighted by Crippen LogP contribution is -2.40. The molecule has 2 aromatic carbocycles. The largest absolute Gasteiger partial charge is 0.490 e. The van der Waals surface area contributed by atoms with Crippen LogP contribution in [0.1, 0.15) is 36.7 Å². The molecule has 0 saturated heterocycles. The van der Waals surface area contributed by atoms with E-state index in [0.717, 1.165) is 6.42 Å². The summed E-state index contributed by atoms with van der Waals surface area (Å²) in [5.41, 5.74) is 1.58. The van der Waals surface area contributed by atoms with Crippen molar-refractivity contribution < 1.29 is 19.0 Å². The maximum Gasteiger partial charge on any atom is 0.257 e. The number of benzene rings is 2. The Kier molecular flexibility index (Phi) is 9.24. The number of amides is 1. The van der Waals surface area contributed by atoms with Crippen molar-refractivity contribution in [1.82, 2.24) is 10.6 Å². The van der Waals surface area contributed by atoms with E-state index in [1.807, 2.05) is 51.1 Å². The van der Waals surface area contributed by atoms with Gasteiger partial charge in [0.1, 0.15) is 0 Å². The van der Waals surface area contributed by atoms with Crippen LogP contribution in [0.15, 0.2) is 42.5 Å². The van der Waals surface area contributed by atoms with E-state index >= 15 is 0 Å². The van der Waals surface area contributed by atoms with Crippen LogP contribution in [0.4, 0.5) is 0 Å². The molecule has 7 heteroatoms. The van der Waals surface area contributed by atoms with Gasteiger partial charge in [0.2, 0.25) is 5.75 Å². The van der Waals surface area contributed by atoms with Crippen molar-refractivity contribution in [3.05, 3.63) is 53.6 Å². The van der Waals surface area contributed by atoms with E-state index in [4.69, 9.17) is 26.4 Å². The average molecular weight is 417 g/mol. The highest BCUT2D eigenvalue weighted by Crippen LogP contribution is 2.39. The number of hydrogen-bond acceptors (Lipinski definition) is 5. The molecule has 1 amide bonds. The Balaban J connectivity index is 2.05. The van der Waals surface area contributed by atoms with Gasteiger partial charge in [-0.25, -0.2) is 0 Å². The van der Waals surface area contributed by atoms with Gasteiger partial charge in [0, 0.05) is 12.1 Å². The van der Waals surface area contributed by atoms with Gasteiger partial charge in [-0.15, -0.1) is 0 Å². The van der Waals surface area contributed by atoms with Crippen molar-refractivity contribution in [1.29, 1.82) is 0 Å². The summed E-state index contributed by atoms with van der Waals surface area (Å²) in [6, 6.07) is 13.3. The molecule has 0 radical (unpaired) electrons. The van der Waals surface area contributed by atoms with Crippen molar-refractivity contribution in [2.45, 2.75) is 27.2 Å². The minimum atomic E-state index is -0.341. The van der Waals surface area contributed by atoms with E-state index in [0.29, 0.717) is 49.2 Å². The first kappa shape index (κ1) is 22.5. The molecule has 0 saturated carbocycles.